The second-order valence-electron chi connectivity index (χ2n) is 6.66. The molecule has 6 heteroatoms. The van der Waals surface area contributed by atoms with Crippen LogP contribution in [-0.4, -0.2) is 32.3 Å². The number of fused-ring (bicyclic) bond motifs is 1. The molecule has 0 aromatic heterocycles. The first-order valence-electron chi connectivity index (χ1n) is 8.70. The minimum atomic E-state index is -0.135. The summed E-state index contributed by atoms with van der Waals surface area (Å²) in [6.07, 6.45) is 2.09. The van der Waals surface area contributed by atoms with Gasteiger partial charge in [0.2, 0.25) is 0 Å². The van der Waals surface area contributed by atoms with Gasteiger partial charge in [0, 0.05) is 17.0 Å². The Morgan fingerprint density at radius 1 is 1.08 bits per heavy atom. The maximum Gasteiger partial charge on any atom is 0.257 e. The fourth-order valence-electron chi connectivity index (χ4n) is 3.09. The molecule has 4 rings (SSSR count). The summed E-state index contributed by atoms with van der Waals surface area (Å²) in [7, 11) is 0. The quantitative estimate of drug-likeness (QED) is 0.843. The Labute approximate surface area is 157 Å². The van der Waals surface area contributed by atoms with E-state index in [4.69, 9.17) is 25.8 Å². The van der Waals surface area contributed by atoms with E-state index in [1.54, 1.807) is 24.3 Å². The van der Waals surface area contributed by atoms with Gasteiger partial charge < -0.3 is 19.5 Å². The molecule has 2 aromatic carbocycles. The van der Waals surface area contributed by atoms with Gasteiger partial charge >= 0.3 is 0 Å². The van der Waals surface area contributed by atoms with Crippen molar-refractivity contribution in [2.45, 2.75) is 18.3 Å². The second kappa shape index (κ2) is 7.08. The van der Waals surface area contributed by atoms with Gasteiger partial charge in [0.1, 0.15) is 19.0 Å². The molecule has 0 spiro atoms. The van der Waals surface area contributed by atoms with Gasteiger partial charge in [0.25, 0.3) is 5.91 Å². The van der Waals surface area contributed by atoms with Gasteiger partial charge in [0.05, 0.1) is 0 Å². The molecule has 0 unspecified atom stereocenters. The highest BCUT2D eigenvalue weighted by Gasteiger charge is 2.44. The lowest BCUT2D eigenvalue weighted by Gasteiger charge is -2.22. The first-order valence-corrected chi connectivity index (χ1v) is 9.08. The van der Waals surface area contributed by atoms with Crippen molar-refractivity contribution in [1.29, 1.82) is 0 Å². The Bertz CT molecular complexity index is 802. The highest BCUT2D eigenvalue weighted by Crippen LogP contribution is 2.49. The third-order valence-corrected chi connectivity index (χ3v) is 5.07. The van der Waals surface area contributed by atoms with Crippen LogP contribution in [0.3, 0.4) is 0 Å². The Kier molecular flexibility index (Phi) is 4.64. The molecule has 26 heavy (non-hydrogen) atoms. The summed E-state index contributed by atoms with van der Waals surface area (Å²) < 4.78 is 16.7. The average Bonchev–Trinajstić information content (AvgIpc) is 3.47. The zero-order chi connectivity index (χ0) is 18.0. The van der Waals surface area contributed by atoms with Crippen molar-refractivity contribution in [1.82, 2.24) is 5.32 Å². The maximum absolute atomic E-state index is 12.1. The van der Waals surface area contributed by atoms with Crippen LogP contribution in [0, 0.1) is 0 Å². The highest BCUT2D eigenvalue weighted by atomic mass is 35.5. The van der Waals surface area contributed by atoms with Crippen LogP contribution >= 0.6 is 11.6 Å². The molecule has 1 fully saturated rings. The normalized spacial score (nSPS) is 16.7. The lowest BCUT2D eigenvalue weighted by atomic mass is 9.95. The minimum Gasteiger partial charge on any atom is -0.486 e. The number of ether oxygens (including phenoxy) is 3. The molecular formula is C20H20ClNO4. The zero-order valence-electron chi connectivity index (χ0n) is 14.3. The van der Waals surface area contributed by atoms with Gasteiger partial charge in [-0.25, -0.2) is 0 Å². The predicted molar refractivity (Wildman–Crippen MR) is 98.3 cm³/mol. The third kappa shape index (κ3) is 3.73. The molecule has 2 aliphatic rings. The van der Waals surface area contributed by atoms with Crippen LogP contribution in [0.2, 0.25) is 5.02 Å². The summed E-state index contributed by atoms with van der Waals surface area (Å²) in [5.74, 6) is 2.06. The summed E-state index contributed by atoms with van der Waals surface area (Å²) in [5.41, 5.74) is 1.17. The number of hydrogen-bond acceptors (Lipinski definition) is 4. The van der Waals surface area contributed by atoms with Gasteiger partial charge in [-0.3, -0.25) is 4.79 Å². The van der Waals surface area contributed by atoms with E-state index in [-0.39, 0.29) is 17.9 Å². The Morgan fingerprint density at radius 3 is 2.54 bits per heavy atom. The largest absolute Gasteiger partial charge is 0.486 e. The standard InChI is InChI=1S/C20H20ClNO4/c21-15-2-4-16(5-3-15)26-12-19(23)22-13-20(7-8-20)14-1-6-17-18(11-14)25-10-9-24-17/h1-6,11H,7-10,12-13H2,(H,22,23). The smallest absolute Gasteiger partial charge is 0.257 e. The topological polar surface area (TPSA) is 56.8 Å². The van der Waals surface area contributed by atoms with Crippen molar-refractivity contribution in [3.8, 4) is 17.2 Å². The molecule has 1 saturated carbocycles. The summed E-state index contributed by atoms with van der Waals surface area (Å²) in [6.45, 7) is 1.73. The Morgan fingerprint density at radius 2 is 1.81 bits per heavy atom. The van der Waals surface area contributed by atoms with E-state index >= 15 is 0 Å². The fourth-order valence-corrected chi connectivity index (χ4v) is 3.22. The number of halogens is 1. The van der Waals surface area contributed by atoms with E-state index in [1.165, 1.54) is 5.56 Å². The fraction of sp³-hybridized carbons (Fsp3) is 0.350. The van der Waals surface area contributed by atoms with Crippen LogP contribution in [0.4, 0.5) is 0 Å². The molecule has 1 aliphatic carbocycles. The summed E-state index contributed by atoms with van der Waals surface area (Å²) in [5, 5.41) is 3.62. The van der Waals surface area contributed by atoms with E-state index in [9.17, 15) is 4.79 Å². The second-order valence-corrected chi connectivity index (χ2v) is 7.09. The number of carbonyl (C=O) groups excluding carboxylic acids is 1. The van der Waals surface area contributed by atoms with Gasteiger partial charge in [-0.15, -0.1) is 0 Å². The van der Waals surface area contributed by atoms with E-state index in [2.05, 4.69) is 11.4 Å². The first kappa shape index (κ1) is 17.0. The van der Waals surface area contributed by atoms with Crippen molar-refractivity contribution in [2.75, 3.05) is 26.4 Å². The van der Waals surface area contributed by atoms with E-state index in [0.717, 1.165) is 24.3 Å². The number of carbonyl (C=O) groups is 1. The summed E-state index contributed by atoms with van der Waals surface area (Å²) >= 11 is 5.83. The highest BCUT2D eigenvalue weighted by molar-refractivity contribution is 6.30. The zero-order valence-corrected chi connectivity index (χ0v) is 15.1. The number of rotatable bonds is 6. The van der Waals surface area contributed by atoms with Gasteiger partial charge in [-0.1, -0.05) is 17.7 Å². The van der Waals surface area contributed by atoms with Gasteiger partial charge in [0.15, 0.2) is 18.1 Å². The van der Waals surface area contributed by atoms with Crippen LogP contribution in [0.1, 0.15) is 18.4 Å². The SMILES string of the molecule is O=C(COc1ccc(Cl)cc1)NCC1(c2ccc3c(c2)OCCO3)CC1. The first-order chi connectivity index (χ1) is 12.6. The molecule has 136 valence electrons. The molecule has 0 radical (unpaired) electrons. The van der Waals surface area contributed by atoms with Crippen molar-refractivity contribution in [3.05, 3.63) is 53.1 Å². The number of hydrogen-bond donors (Lipinski definition) is 1. The molecule has 0 atom stereocenters. The molecule has 1 amide bonds. The summed E-state index contributed by atoms with van der Waals surface area (Å²) in [6, 6.07) is 13.0. The van der Waals surface area contributed by atoms with E-state index in [0.29, 0.717) is 30.5 Å². The molecule has 0 bridgehead atoms. The van der Waals surface area contributed by atoms with Crippen LogP contribution < -0.4 is 19.5 Å². The summed E-state index contributed by atoms with van der Waals surface area (Å²) in [4.78, 5) is 12.1. The van der Waals surface area contributed by atoms with Crippen molar-refractivity contribution >= 4 is 17.5 Å². The predicted octanol–water partition coefficient (Wildman–Crippen LogP) is 3.34. The van der Waals surface area contributed by atoms with Crippen molar-refractivity contribution in [2.24, 2.45) is 0 Å². The number of amides is 1. The van der Waals surface area contributed by atoms with E-state index in [1.807, 2.05) is 12.1 Å². The van der Waals surface area contributed by atoms with E-state index < -0.39 is 0 Å². The monoisotopic (exact) mass is 373 g/mol. The molecule has 5 nitrogen and oxygen atoms in total. The average molecular weight is 374 g/mol. The molecule has 2 aromatic rings. The van der Waals surface area contributed by atoms with Crippen LogP contribution in [-0.2, 0) is 10.2 Å². The number of nitrogens with one attached hydrogen (secondary N) is 1. The number of benzene rings is 2. The maximum atomic E-state index is 12.1. The lowest BCUT2D eigenvalue weighted by molar-refractivity contribution is -0.123. The molecular weight excluding hydrogens is 354 g/mol. The molecule has 1 aliphatic heterocycles. The van der Waals surface area contributed by atoms with Crippen LogP contribution in [0.15, 0.2) is 42.5 Å². The molecule has 1 N–H and O–H groups in total. The third-order valence-electron chi connectivity index (χ3n) is 4.82. The van der Waals surface area contributed by atoms with Crippen LogP contribution in [0.5, 0.6) is 17.2 Å². The van der Waals surface area contributed by atoms with Crippen LogP contribution in [0.25, 0.3) is 0 Å². The van der Waals surface area contributed by atoms with Crippen molar-refractivity contribution < 1.29 is 19.0 Å². The Hall–Kier alpha value is -2.40. The van der Waals surface area contributed by atoms with Gasteiger partial charge in [-0.05, 0) is 54.8 Å². The van der Waals surface area contributed by atoms with Gasteiger partial charge in [-0.2, -0.15) is 0 Å². The van der Waals surface area contributed by atoms with Crippen molar-refractivity contribution in [3.63, 3.8) is 0 Å². The molecule has 1 heterocycles. The Balaban J connectivity index is 1.32. The molecule has 0 saturated heterocycles. The minimum absolute atomic E-state index is 0.00817. The lowest BCUT2D eigenvalue weighted by Crippen LogP contribution is -2.35.